The quantitative estimate of drug-likeness (QED) is 0.699. The summed E-state index contributed by atoms with van der Waals surface area (Å²) in [5.74, 6) is 0.578. The van der Waals surface area contributed by atoms with Gasteiger partial charge in [0.05, 0.1) is 12.2 Å². The minimum absolute atomic E-state index is 0. The van der Waals surface area contributed by atoms with Crippen LogP contribution in [0.25, 0.3) is 11.4 Å². The molecule has 0 atom stereocenters. The van der Waals surface area contributed by atoms with Crippen molar-refractivity contribution in [1.29, 1.82) is 0 Å². The molecule has 0 N–H and O–H groups in total. The van der Waals surface area contributed by atoms with E-state index in [4.69, 9.17) is 0 Å². The Bertz CT molecular complexity index is 342. The fourth-order valence-corrected chi connectivity index (χ4v) is 0.746. The molecule has 6 heteroatoms. The van der Waals surface area contributed by atoms with E-state index in [0.29, 0.717) is 11.4 Å². The summed E-state index contributed by atoms with van der Waals surface area (Å²) in [6.07, 6.45) is 5.67. The van der Waals surface area contributed by atoms with Crippen molar-refractivity contribution in [2.75, 3.05) is 0 Å². The van der Waals surface area contributed by atoms with Crippen LogP contribution in [0.5, 0.6) is 0 Å². The first-order chi connectivity index (χ1) is 5.36. The maximum atomic E-state index is 4.58. The third kappa shape index (κ3) is 1.60. The summed E-state index contributed by atoms with van der Waals surface area (Å²) in [5.41, 5.74) is 0.672. The number of aryl methyl sites for hydroxylation is 1. The van der Waals surface area contributed by atoms with Gasteiger partial charge in [-0.25, -0.2) is 5.10 Å². The van der Waals surface area contributed by atoms with Gasteiger partial charge in [0.1, 0.15) is 0 Å². The topological polar surface area (TPSA) is 56.7 Å². The molecule has 1 radical (unpaired) electrons. The Morgan fingerprint density at radius 2 is 2.42 bits per heavy atom. The summed E-state index contributed by atoms with van der Waals surface area (Å²) in [4.78, 5) is 3.98. The molecule has 0 aromatic carbocycles. The molecule has 2 rings (SSSR count). The van der Waals surface area contributed by atoms with Gasteiger partial charge in [-0.2, -0.15) is 5.16 Å². The van der Waals surface area contributed by atoms with Gasteiger partial charge in [-0.3, -0.25) is 9.67 Å². The predicted octanol–water partition coefficient (Wildman–Crippen LogP) is 0.268. The van der Waals surface area contributed by atoms with Gasteiger partial charge in [0.15, 0.2) is 0 Å². The largest absolute Gasteiger partial charge is 0.438 e. The zero-order valence-corrected chi connectivity index (χ0v) is 8.58. The van der Waals surface area contributed by atoms with E-state index in [1.807, 2.05) is 0 Å². The summed E-state index contributed by atoms with van der Waals surface area (Å²) in [5, 5.41) is 7.45. The van der Waals surface area contributed by atoms with Crippen molar-refractivity contribution in [2.45, 2.75) is 0 Å². The molecular weight excluding hydrogens is 336 g/mol. The van der Waals surface area contributed by atoms with Crippen molar-refractivity contribution in [1.82, 2.24) is 19.9 Å². The van der Waals surface area contributed by atoms with E-state index in [1.165, 1.54) is 6.26 Å². The summed E-state index contributed by atoms with van der Waals surface area (Å²) < 4.78 is 6.19. The van der Waals surface area contributed by atoms with Gasteiger partial charge in [-0.15, -0.1) is 0 Å². The van der Waals surface area contributed by atoms with Gasteiger partial charge in [0, 0.05) is 33.4 Å². The van der Waals surface area contributed by atoms with E-state index in [0.717, 1.165) is 0 Å². The first kappa shape index (κ1) is 9.09. The second-order valence-corrected chi connectivity index (χ2v) is 2.08. The van der Waals surface area contributed by atoms with Crippen LogP contribution < -0.4 is 0 Å². The van der Waals surface area contributed by atoms with Crippen LogP contribution >= 0.6 is 0 Å². The van der Waals surface area contributed by atoms with E-state index >= 15 is 0 Å². The molecule has 0 amide bonds. The van der Waals surface area contributed by atoms with Crippen LogP contribution in [-0.2, 0) is 27.2 Å². The molecule has 0 aliphatic heterocycles. The van der Waals surface area contributed by atoms with Crippen molar-refractivity contribution in [3.05, 3.63) is 18.8 Å². The van der Waals surface area contributed by atoms with Crippen LogP contribution in [0.2, 0.25) is 0 Å². The molecule has 0 bridgehead atoms. The Kier molecular flexibility index (Phi) is 2.73. The van der Waals surface area contributed by atoms with Gasteiger partial charge in [0.2, 0.25) is 0 Å². The molecule has 0 saturated carbocycles. The molecule has 2 heterocycles. The van der Waals surface area contributed by atoms with E-state index < -0.39 is 0 Å². The summed E-state index contributed by atoms with van der Waals surface area (Å²) in [6.45, 7) is 0. The van der Waals surface area contributed by atoms with Crippen LogP contribution in [0, 0.1) is 6.20 Å². The Morgan fingerprint density at radius 3 is 2.92 bits per heavy atom. The van der Waals surface area contributed by atoms with Crippen LogP contribution in [0.1, 0.15) is 0 Å². The average Bonchev–Trinajstić information content (AvgIpc) is 2.55. The molecule has 0 saturated heterocycles. The van der Waals surface area contributed by atoms with Crippen molar-refractivity contribution in [3.8, 4) is 11.4 Å². The molecule has 5 nitrogen and oxygen atoms in total. The second kappa shape index (κ2) is 3.60. The SMILES string of the molecule is Cn1cnc(-c2[c-]noc2)n1.[Ir]. The standard InChI is InChI=1S/C6H5N4O.Ir/c1-10-4-7-6(9-10)5-2-8-11-3-5;/h3-4H,1H3;/q-1;. The smallest absolute Gasteiger partial charge is 0.0986 e. The minimum atomic E-state index is 0. The van der Waals surface area contributed by atoms with Crippen molar-refractivity contribution < 1.29 is 24.6 Å². The normalized spacial score (nSPS) is 9.42. The Balaban J connectivity index is 0.000000720. The van der Waals surface area contributed by atoms with Gasteiger partial charge in [0.25, 0.3) is 0 Å². The number of aromatic nitrogens is 4. The van der Waals surface area contributed by atoms with Crippen molar-refractivity contribution in [2.24, 2.45) is 7.05 Å². The monoisotopic (exact) mass is 342 g/mol. The summed E-state index contributed by atoms with van der Waals surface area (Å²) in [6, 6.07) is 0. The zero-order valence-electron chi connectivity index (χ0n) is 6.19. The predicted molar refractivity (Wildman–Crippen MR) is 35.3 cm³/mol. The number of nitrogens with zero attached hydrogens (tertiary/aromatic N) is 4. The first-order valence-electron chi connectivity index (χ1n) is 3.04. The van der Waals surface area contributed by atoms with Gasteiger partial charge in [-0.1, -0.05) is 5.56 Å². The molecule has 2 aromatic heterocycles. The zero-order chi connectivity index (χ0) is 7.68. The fourth-order valence-electron chi connectivity index (χ4n) is 0.746. The maximum absolute atomic E-state index is 4.58. The number of hydrogen-bond acceptors (Lipinski definition) is 4. The summed E-state index contributed by atoms with van der Waals surface area (Å²) in [7, 11) is 1.80. The molecule has 0 fully saturated rings. The summed E-state index contributed by atoms with van der Waals surface area (Å²) >= 11 is 0. The van der Waals surface area contributed by atoms with E-state index in [1.54, 1.807) is 18.1 Å². The molecule has 12 heavy (non-hydrogen) atoms. The van der Waals surface area contributed by atoms with E-state index in [9.17, 15) is 0 Å². The third-order valence-electron chi connectivity index (χ3n) is 1.23. The van der Waals surface area contributed by atoms with Crippen LogP contribution in [0.3, 0.4) is 0 Å². The maximum Gasteiger partial charge on any atom is 0.0986 e. The van der Waals surface area contributed by atoms with E-state index in [2.05, 4.69) is 26.0 Å². The Labute approximate surface area is 82.1 Å². The fraction of sp³-hybridized carbons (Fsp3) is 0.167. The van der Waals surface area contributed by atoms with Gasteiger partial charge in [-0.05, 0) is 6.20 Å². The molecule has 65 valence electrons. The molecule has 0 aliphatic rings. The van der Waals surface area contributed by atoms with Crippen LogP contribution in [0.4, 0.5) is 0 Å². The van der Waals surface area contributed by atoms with Crippen LogP contribution in [-0.4, -0.2) is 19.9 Å². The Morgan fingerprint density at radius 1 is 1.58 bits per heavy atom. The molecule has 2 aromatic rings. The van der Waals surface area contributed by atoms with Crippen LogP contribution in [0.15, 0.2) is 17.1 Å². The molecule has 0 spiro atoms. The second-order valence-electron chi connectivity index (χ2n) is 2.08. The minimum Gasteiger partial charge on any atom is -0.438 e. The third-order valence-corrected chi connectivity index (χ3v) is 1.23. The Hall–Kier alpha value is -1.00. The van der Waals surface area contributed by atoms with E-state index in [-0.39, 0.29) is 20.1 Å². The number of hydrogen-bond donors (Lipinski definition) is 0. The molecule has 0 unspecified atom stereocenters. The first-order valence-corrected chi connectivity index (χ1v) is 3.04. The van der Waals surface area contributed by atoms with Crippen molar-refractivity contribution >= 4 is 0 Å². The molecular formula is C6H5IrN4O-. The molecule has 0 aliphatic carbocycles. The van der Waals surface area contributed by atoms with Gasteiger partial charge >= 0.3 is 0 Å². The number of rotatable bonds is 1. The van der Waals surface area contributed by atoms with Crippen molar-refractivity contribution in [3.63, 3.8) is 0 Å². The average molecular weight is 341 g/mol. The van der Waals surface area contributed by atoms with Gasteiger partial charge < -0.3 is 4.52 Å².